The van der Waals surface area contributed by atoms with Crippen LogP contribution in [0.2, 0.25) is 0 Å². The Morgan fingerprint density at radius 3 is 2.35 bits per heavy atom. The second-order valence-electron chi connectivity index (χ2n) is 4.23. The minimum Gasteiger partial charge on any atom is -0.373 e. The summed E-state index contributed by atoms with van der Waals surface area (Å²) in [5, 5.41) is 5.42. The van der Waals surface area contributed by atoms with Crippen molar-refractivity contribution in [3.8, 4) is 0 Å². The Balaban J connectivity index is 2.25. The van der Waals surface area contributed by atoms with Crippen molar-refractivity contribution in [2.45, 2.75) is 26.3 Å². The average Bonchev–Trinajstić information content (AvgIpc) is 2.51. The standard InChI is InChI=1S/C12H13BrN2O2/c1-6-3-8(13)4-7(2)11(6)14-9-5-10(16)15-12(9)17/h3-4,9,14H,5H2,1-2H3,(H,15,16,17). The number of amides is 2. The summed E-state index contributed by atoms with van der Waals surface area (Å²) < 4.78 is 1.00. The first kappa shape index (κ1) is 12.1. The third-order valence-corrected chi connectivity index (χ3v) is 3.24. The number of rotatable bonds is 2. The summed E-state index contributed by atoms with van der Waals surface area (Å²) in [6.45, 7) is 3.93. The second kappa shape index (κ2) is 4.49. The van der Waals surface area contributed by atoms with Crippen LogP contribution in [-0.4, -0.2) is 17.9 Å². The molecule has 1 saturated heterocycles. The molecule has 1 aliphatic heterocycles. The van der Waals surface area contributed by atoms with E-state index in [0.29, 0.717) is 0 Å². The van der Waals surface area contributed by atoms with Crippen LogP contribution in [0, 0.1) is 13.8 Å². The number of benzene rings is 1. The quantitative estimate of drug-likeness (QED) is 0.820. The zero-order valence-corrected chi connectivity index (χ0v) is 11.2. The Hall–Kier alpha value is -1.36. The van der Waals surface area contributed by atoms with Crippen LogP contribution in [-0.2, 0) is 9.59 Å². The lowest BCUT2D eigenvalue weighted by atomic mass is 10.1. The highest BCUT2D eigenvalue weighted by Gasteiger charge is 2.30. The maximum absolute atomic E-state index is 11.5. The summed E-state index contributed by atoms with van der Waals surface area (Å²) in [5.41, 5.74) is 3.01. The van der Waals surface area contributed by atoms with Gasteiger partial charge in [0.2, 0.25) is 11.8 Å². The molecule has 4 nitrogen and oxygen atoms in total. The number of carbonyl (C=O) groups excluding carboxylic acids is 2. The van der Waals surface area contributed by atoms with Crippen LogP contribution in [0.4, 0.5) is 5.69 Å². The molecule has 2 N–H and O–H groups in total. The Bertz CT molecular complexity index is 476. The van der Waals surface area contributed by atoms with Gasteiger partial charge in [0.15, 0.2) is 0 Å². The fourth-order valence-electron chi connectivity index (χ4n) is 1.98. The number of anilines is 1. The Morgan fingerprint density at radius 2 is 1.88 bits per heavy atom. The summed E-state index contributed by atoms with van der Waals surface area (Å²) in [6, 6.07) is 3.50. The Labute approximate surface area is 108 Å². The van der Waals surface area contributed by atoms with E-state index < -0.39 is 6.04 Å². The average molecular weight is 297 g/mol. The molecule has 0 bridgehead atoms. The molecule has 1 heterocycles. The minimum atomic E-state index is -0.457. The van der Waals surface area contributed by atoms with Crippen LogP contribution in [0.3, 0.4) is 0 Å². The van der Waals surface area contributed by atoms with Gasteiger partial charge in [0, 0.05) is 10.2 Å². The summed E-state index contributed by atoms with van der Waals surface area (Å²) in [7, 11) is 0. The van der Waals surface area contributed by atoms with Gasteiger partial charge < -0.3 is 5.32 Å². The fraction of sp³-hybridized carbons (Fsp3) is 0.333. The SMILES string of the molecule is Cc1cc(Br)cc(C)c1NC1CC(=O)NC1=O. The number of carbonyl (C=O) groups is 2. The number of aryl methyl sites for hydroxylation is 2. The summed E-state index contributed by atoms with van der Waals surface area (Å²) in [6.07, 6.45) is 0.202. The molecule has 1 aromatic rings. The number of hydrogen-bond acceptors (Lipinski definition) is 3. The van der Waals surface area contributed by atoms with Crippen molar-refractivity contribution in [3.63, 3.8) is 0 Å². The maximum Gasteiger partial charge on any atom is 0.249 e. The third kappa shape index (κ3) is 2.49. The summed E-state index contributed by atoms with van der Waals surface area (Å²) in [4.78, 5) is 22.6. The molecular formula is C12H13BrN2O2. The topological polar surface area (TPSA) is 58.2 Å². The molecule has 1 atom stereocenters. The summed E-state index contributed by atoms with van der Waals surface area (Å²) >= 11 is 3.42. The lowest BCUT2D eigenvalue weighted by molar-refractivity contribution is -0.124. The van der Waals surface area contributed by atoms with E-state index in [4.69, 9.17) is 0 Å². The van der Waals surface area contributed by atoms with Crippen LogP contribution in [0.5, 0.6) is 0 Å². The molecule has 1 fully saturated rings. The second-order valence-corrected chi connectivity index (χ2v) is 5.14. The molecule has 0 radical (unpaired) electrons. The number of hydrogen-bond donors (Lipinski definition) is 2. The molecule has 1 aliphatic rings. The van der Waals surface area contributed by atoms with Gasteiger partial charge in [-0.2, -0.15) is 0 Å². The molecule has 1 unspecified atom stereocenters. The van der Waals surface area contributed by atoms with E-state index in [-0.39, 0.29) is 18.2 Å². The first-order valence-corrected chi connectivity index (χ1v) is 6.13. The fourth-order valence-corrected chi connectivity index (χ4v) is 2.67. The lowest BCUT2D eigenvalue weighted by Crippen LogP contribution is -2.30. The van der Waals surface area contributed by atoms with Crippen molar-refractivity contribution < 1.29 is 9.59 Å². The molecule has 5 heteroatoms. The zero-order valence-electron chi connectivity index (χ0n) is 9.63. The normalized spacial score (nSPS) is 19.4. The van der Waals surface area contributed by atoms with E-state index >= 15 is 0 Å². The van der Waals surface area contributed by atoms with E-state index in [1.165, 1.54) is 0 Å². The van der Waals surface area contributed by atoms with Crippen LogP contribution in [0.25, 0.3) is 0 Å². The number of halogens is 1. The van der Waals surface area contributed by atoms with Crippen molar-refractivity contribution in [3.05, 3.63) is 27.7 Å². The molecule has 0 aliphatic carbocycles. The van der Waals surface area contributed by atoms with E-state index in [0.717, 1.165) is 21.3 Å². The molecule has 1 aromatic carbocycles. The van der Waals surface area contributed by atoms with Crippen LogP contribution in [0.1, 0.15) is 17.5 Å². The van der Waals surface area contributed by atoms with Gasteiger partial charge >= 0.3 is 0 Å². The predicted octanol–water partition coefficient (Wildman–Crippen LogP) is 1.89. The van der Waals surface area contributed by atoms with Gasteiger partial charge in [0.1, 0.15) is 6.04 Å². The van der Waals surface area contributed by atoms with Gasteiger partial charge in [-0.15, -0.1) is 0 Å². The largest absolute Gasteiger partial charge is 0.373 e. The molecule has 17 heavy (non-hydrogen) atoms. The molecule has 0 saturated carbocycles. The molecule has 2 amide bonds. The van der Waals surface area contributed by atoms with Gasteiger partial charge in [-0.1, -0.05) is 15.9 Å². The van der Waals surface area contributed by atoms with Gasteiger partial charge in [-0.05, 0) is 37.1 Å². The minimum absolute atomic E-state index is 0.202. The van der Waals surface area contributed by atoms with Gasteiger partial charge in [0.25, 0.3) is 0 Å². The van der Waals surface area contributed by atoms with E-state index in [9.17, 15) is 9.59 Å². The Morgan fingerprint density at radius 1 is 1.29 bits per heavy atom. The van der Waals surface area contributed by atoms with Crippen molar-refractivity contribution >= 4 is 33.4 Å². The highest BCUT2D eigenvalue weighted by Crippen LogP contribution is 2.26. The highest BCUT2D eigenvalue weighted by atomic mass is 79.9. The summed E-state index contributed by atoms with van der Waals surface area (Å²) in [5.74, 6) is -0.475. The molecule has 0 aromatic heterocycles. The van der Waals surface area contributed by atoms with E-state index in [2.05, 4.69) is 26.6 Å². The molecule has 90 valence electrons. The predicted molar refractivity (Wildman–Crippen MR) is 68.8 cm³/mol. The van der Waals surface area contributed by atoms with E-state index in [1.807, 2.05) is 26.0 Å². The first-order chi connectivity index (χ1) is 7.97. The highest BCUT2D eigenvalue weighted by molar-refractivity contribution is 9.10. The maximum atomic E-state index is 11.5. The molecular weight excluding hydrogens is 284 g/mol. The molecule has 0 spiro atoms. The third-order valence-electron chi connectivity index (χ3n) is 2.78. The first-order valence-electron chi connectivity index (χ1n) is 5.34. The monoisotopic (exact) mass is 296 g/mol. The zero-order chi connectivity index (χ0) is 12.6. The van der Waals surface area contributed by atoms with Crippen LogP contribution < -0.4 is 10.6 Å². The van der Waals surface area contributed by atoms with Gasteiger partial charge in [-0.3, -0.25) is 14.9 Å². The molecule has 2 rings (SSSR count). The van der Waals surface area contributed by atoms with Crippen molar-refractivity contribution in [2.24, 2.45) is 0 Å². The van der Waals surface area contributed by atoms with Crippen LogP contribution >= 0.6 is 15.9 Å². The van der Waals surface area contributed by atoms with Crippen molar-refractivity contribution in [1.29, 1.82) is 0 Å². The van der Waals surface area contributed by atoms with Gasteiger partial charge in [-0.25, -0.2) is 0 Å². The smallest absolute Gasteiger partial charge is 0.249 e. The van der Waals surface area contributed by atoms with E-state index in [1.54, 1.807) is 0 Å². The van der Waals surface area contributed by atoms with Crippen LogP contribution in [0.15, 0.2) is 16.6 Å². The number of nitrogens with one attached hydrogen (secondary N) is 2. The van der Waals surface area contributed by atoms with Gasteiger partial charge in [0.05, 0.1) is 6.42 Å². The Kier molecular flexibility index (Phi) is 3.19. The number of imide groups is 1. The van der Waals surface area contributed by atoms with Crippen molar-refractivity contribution in [1.82, 2.24) is 5.32 Å². The van der Waals surface area contributed by atoms with Crippen molar-refractivity contribution in [2.75, 3.05) is 5.32 Å². The lowest BCUT2D eigenvalue weighted by Gasteiger charge is -2.16.